The third kappa shape index (κ3) is 3.50. The molecule has 3 nitrogen and oxygen atoms in total. The molecule has 96 valence electrons. The smallest absolute Gasteiger partial charge is 0.0930 e. The summed E-state index contributed by atoms with van der Waals surface area (Å²) in [5.74, 6) is 1.29. The molecule has 0 aliphatic carbocycles. The van der Waals surface area contributed by atoms with Gasteiger partial charge in [-0.3, -0.25) is 0 Å². The van der Waals surface area contributed by atoms with Crippen molar-refractivity contribution in [2.75, 3.05) is 26.7 Å². The molecule has 0 bridgehead atoms. The zero-order chi connectivity index (χ0) is 12.3. The first-order chi connectivity index (χ1) is 8.19. The van der Waals surface area contributed by atoms with Crippen LogP contribution < -0.4 is 5.73 Å². The molecule has 0 spiro atoms. The minimum absolute atomic E-state index is 0.457. The van der Waals surface area contributed by atoms with Crippen LogP contribution in [-0.2, 0) is 6.42 Å². The van der Waals surface area contributed by atoms with E-state index in [4.69, 9.17) is 5.73 Å². The zero-order valence-electron chi connectivity index (χ0n) is 10.9. The minimum Gasteiger partial charge on any atom is -0.330 e. The lowest BCUT2D eigenvalue weighted by Crippen LogP contribution is -2.30. The van der Waals surface area contributed by atoms with Crippen molar-refractivity contribution in [3.05, 3.63) is 16.1 Å². The number of thiazole rings is 1. The van der Waals surface area contributed by atoms with Gasteiger partial charge in [0.2, 0.25) is 0 Å². The van der Waals surface area contributed by atoms with E-state index in [-0.39, 0.29) is 0 Å². The fraction of sp³-hybridized carbons (Fsp3) is 0.769. The SMILES string of the molecule is CC(CN)c1cnc(CC2CCN(C)CC2)s1. The average molecular weight is 253 g/mol. The second kappa shape index (κ2) is 5.94. The van der Waals surface area contributed by atoms with Crippen LogP contribution in [-0.4, -0.2) is 36.6 Å². The summed E-state index contributed by atoms with van der Waals surface area (Å²) in [4.78, 5) is 8.31. The third-order valence-electron chi connectivity index (χ3n) is 3.71. The monoisotopic (exact) mass is 253 g/mol. The quantitative estimate of drug-likeness (QED) is 0.893. The molecule has 1 unspecified atom stereocenters. The summed E-state index contributed by atoms with van der Waals surface area (Å²) >= 11 is 1.86. The van der Waals surface area contributed by atoms with Gasteiger partial charge in [0.15, 0.2) is 0 Å². The molecule has 17 heavy (non-hydrogen) atoms. The van der Waals surface area contributed by atoms with Crippen molar-refractivity contribution in [3.63, 3.8) is 0 Å². The molecule has 1 saturated heterocycles. The highest BCUT2D eigenvalue weighted by atomic mass is 32.1. The Bertz CT molecular complexity index is 342. The lowest BCUT2D eigenvalue weighted by molar-refractivity contribution is 0.219. The molecule has 1 aliphatic heterocycles. The van der Waals surface area contributed by atoms with E-state index in [9.17, 15) is 0 Å². The molecule has 2 rings (SSSR count). The predicted molar refractivity (Wildman–Crippen MR) is 73.5 cm³/mol. The fourth-order valence-electron chi connectivity index (χ4n) is 2.28. The minimum atomic E-state index is 0.457. The average Bonchev–Trinajstić information content (AvgIpc) is 2.80. The molecule has 1 aliphatic rings. The van der Waals surface area contributed by atoms with Gasteiger partial charge in [0.05, 0.1) is 5.01 Å². The Balaban J connectivity index is 1.88. The Labute approximate surface area is 108 Å². The topological polar surface area (TPSA) is 42.1 Å². The second-order valence-electron chi connectivity index (χ2n) is 5.24. The second-order valence-corrected chi connectivity index (χ2v) is 6.39. The molecule has 1 aromatic heterocycles. The molecule has 0 aromatic carbocycles. The van der Waals surface area contributed by atoms with Crippen molar-refractivity contribution in [1.82, 2.24) is 9.88 Å². The predicted octanol–water partition coefficient (Wildman–Crippen LogP) is 2.09. The van der Waals surface area contributed by atoms with Crippen molar-refractivity contribution in [2.24, 2.45) is 11.7 Å². The Kier molecular flexibility index (Phi) is 4.54. The number of hydrogen-bond donors (Lipinski definition) is 1. The van der Waals surface area contributed by atoms with E-state index in [1.807, 2.05) is 17.5 Å². The Morgan fingerprint density at radius 3 is 2.88 bits per heavy atom. The first-order valence-corrected chi connectivity index (χ1v) is 7.34. The summed E-state index contributed by atoms with van der Waals surface area (Å²) in [6, 6.07) is 0. The van der Waals surface area contributed by atoms with Gasteiger partial charge >= 0.3 is 0 Å². The van der Waals surface area contributed by atoms with Crippen LogP contribution in [0.25, 0.3) is 0 Å². The van der Waals surface area contributed by atoms with Gasteiger partial charge in [-0.25, -0.2) is 4.98 Å². The van der Waals surface area contributed by atoms with E-state index in [1.165, 1.54) is 35.8 Å². The highest BCUT2D eigenvalue weighted by Crippen LogP contribution is 2.26. The van der Waals surface area contributed by atoms with Crippen LogP contribution in [0.1, 0.15) is 35.6 Å². The first-order valence-electron chi connectivity index (χ1n) is 6.52. The van der Waals surface area contributed by atoms with Crippen molar-refractivity contribution < 1.29 is 0 Å². The number of aromatic nitrogens is 1. The number of piperidine rings is 1. The summed E-state index contributed by atoms with van der Waals surface area (Å²) in [5.41, 5.74) is 5.69. The van der Waals surface area contributed by atoms with Gasteiger partial charge in [-0.05, 0) is 45.4 Å². The van der Waals surface area contributed by atoms with E-state index >= 15 is 0 Å². The summed E-state index contributed by atoms with van der Waals surface area (Å²) in [6.07, 6.45) is 5.82. The van der Waals surface area contributed by atoms with E-state index in [1.54, 1.807) is 0 Å². The number of hydrogen-bond acceptors (Lipinski definition) is 4. The van der Waals surface area contributed by atoms with Gasteiger partial charge < -0.3 is 10.6 Å². The highest BCUT2D eigenvalue weighted by molar-refractivity contribution is 7.11. The van der Waals surface area contributed by atoms with E-state index < -0.39 is 0 Å². The van der Waals surface area contributed by atoms with Gasteiger partial charge in [0.25, 0.3) is 0 Å². The van der Waals surface area contributed by atoms with Crippen LogP contribution in [0.4, 0.5) is 0 Å². The molecule has 1 aromatic rings. The standard InChI is InChI=1S/C13H23N3S/c1-10(8-14)12-9-15-13(17-12)7-11-3-5-16(2)6-4-11/h9-11H,3-8,14H2,1-2H3. The Hall–Kier alpha value is -0.450. The fourth-order valence-corrected chi connectivity index (χ4v) is 3.38. The summed E-state index contributed by atoms with van der Waals surface area (Å²) in [7, 11) is 2.21. The molecule has 0 saturated carbocycles. The molecule has 1 atom stereocenters. The van der Waals surface area contributed by atoms with Crippen molar-refractivity contribution >= 4 is 11.3 Å². The third-order valence-corrected chi connectivity index (χ3v) is 4.96. The number of likely N-dealkylation sites (tertiary alicyclic amines) is 1. The Morgan fingerprint density at radius 2 is 2.24 bits per heavy atom. The molecule has 0 radical (unpaired) electrons. The normalized spacial score (nSPS) is 20.6. The van der Waals surface area contributed by atoms with E-state index in [2.05, 4.69) is 23.9 Å². The molecule has 0 amide bonds. The lowest BCUT2D eigenvalue weighted by atomic mass is 9.94. The maximum absolute atomic E-state index is 5.69. The van der Waals surface area contributed by atoms with Crippen LogP contribution in [0.2, 0.25) is 0 Å². The van der Waals surface area contributed by atoms with Crippen LogP contribution >= 0.6 is 11.3 Å². The van der Waals surface area contributed by atoms with E-state index in [0.717, 1.165) is 18.9 Å². The molecule has 1 fully saturated rings. The van der Waals surface area contributed by atoms with Crippen LogP contribution in [0.3, 0.4) is 0 Å². The van der Waals surface area contributed by atoms with Crippen LogP contribution in [0, 0.1) is 5.92 Å². The van der Waals surface area contributed by atoms with Gasteiger partial charge in [-0.1, -0.05) is 6.92 Å². The summed E-state index contributed by atoms with van der Waals surface area (Å²) in [6.45, 7) is 5.37. The van der Waals surface area contributed by atoms with Crippen molar-refractivity contribution in [1.29, 1.82) is 0 Å². The lowest BCUT2D eigenvalue weighted by Gasteiger charge is -2.28. The first kappa shape index (κ1) is 13.0. The molecule has 2 heterocycles. The maximum Gasteiger partial charge on any atom is 0.0930 e. The maximum atomic E-state index is 5.69. The molecular weight excluding hydrogens is 230 g/mol. The Morgan fingerprint density at radius 1 is 1.53 bits per heavy atom. The highest BCUT2D eigenvalue weighted by Gasteiger charge is 2.18. The number of nitrogens with zero attached hydrogens (tertiary/aromatic N) is 2. The van der Waals surface area contributed by atoms with Crippen LogP contribution in [0.15, 0.2) is 6.20 Å². The van der Waals surface area contributed by atoms with Gasteiger partial charge in [0, 0.05) is 23.4 Å². The molecular formula is C13H23N3S. The molecule has 2 N–H and O–H groups in total. The van der Waals surface area contributed by atoms with Crippen LogP contribution in [0.5, 0.6) is 0 Å². The zero-order valence-corrected chi connectivity index (χ0v) is 11.7. The van der Waals surface area contributed by atoms with Crippen molar-refractivity contribution in [2.45, 2.75) is 32.1 Å². The summed E-state index contributed by atoms with van der Waals surface area (Å²) < 4.78 is 0. The number of rotatable bonds is 4. The summed E-state index contributed by atoms with van der Waals surface area (Å²) in [5, 5.41) is 1.30. The van der Waals surface area contributed by atoms with Crippen molar-refractivity contribution in [3.8, 4) is 0 Å². The van der Waals surface area contributed by atoms with Gasteiger partial charge in [-0.15, -0.1) is 11.3 Å². The molecule has 4 heteroatoms. The van der Waals surface area contributed by atoms with Gasteiger partial charge in [0.1, 0.15) is 0 Å². The number of nitrogens with two attached hydrogens (primary N) is 1. The largest absolute Gasteiger partial charge is 0.330 e. The van der Waals surface area contributed by atoms with E-state index in [0.29, 0.717) is 5.92 Å². The van der Waals surface area contributed by atoms with Gasteiger partial charge in [-0.2, -0.15) is 0 Å².